The third-order valence-corrected chi connectivity index (χ3v) is 2.86. The number of alkyl halides is 1. The van der Waals surface area contributed by atoms with Crippen LogP contribution in [0.5, 0.6) is 0 Å². The molecule has 1 atom stereocenters. The first-order valence-corrected chi connectivity index (χ1v) is 6.76. The van der Waals surface area contributed by atoms with Crippen molar-refractivity contribution in [3.05, 3.63) is 47.3 Å². The lowest BCUT2D eigenvalue weighted by Gasteiger charge is -2.07. The van der Waals surface area contributed by atoms with Gasteiger partial charge in [0.05, 0.1) is 16.8 Å². The van der Waals surface area contributed by atoms with E-state index in [9.17, 15) is 9.59 Å². The molecule has 1 heterocycles. The zero-order chi connectivity index (χ0) is 14.0. The van der Waals surface area contributed by atoms with Gasteiger partial charge in [-0.1, -0.05) is 28.1 Å². The Morgan fingerprint density at radius 2 is 1.79 bits per heavy atom. The van der Waals surface area contributed by atoms with Crippen LogP contribution in [0.2, 0.25) is 0 Å². The quantitative estimate of drug-likeness (QED) is 0.488. The van der Waals surface area contributed by atoms with Crippen LogP contribution in [0.25, 0.3) is 0 Å². The maximum atomic E-state index is 12.1. The normalized spacial score (nSPS) is 17.2. The third kappa shape index (κ3) is 2.81. The number of allylic oxidation sites excluding steroid dienone is 1. The van der Waals surface area contributed by atoms with E-state index in [-0.39, 0.29) is 16.6 Å². The van der Waals surface area contributed by atoms with Crippen molar-refractivity contribution in [1.29, 1.82) is 0 Å². The summed E-state index contributed by atoms with van der Waals surface area (Å²) < 4.78 is 0. The Bertz CT molecular complexity index is 556. The van der Waals surface area contributed by atoms with E-state index in [4.69, 9.17) is 0 Å². The fraction of sp³-hybridized carbons (Fsp3) is 0.214. The smallest absolute Gasteiger partial charge is 0.265 e. The molecule has 1 aromatic carbocycles. The van der Waals surface area contributed by atoms with Crippen LogP contribution in [0.3, 0.4) is 0 Å². The van der Waals surface area contributed by atoms with Gasteiger partial charge in [-0.25, -0.2) is 4.90 Å². The Labute approximate surface area is 120 Å². The van der Waals surface area contributed by atoms with Gasteiger partial charge in [0.2, 0.25) is 0 Å². The lowest BCUT2D eigenvalue weighted by atomic mass is 10.1. The molecule has 2 amide bonds. The SMILES string of the molecule is C/C(=C/N1C(=O)c2ccccc2C1=O)N=CC(C)Br. The number of halogens is 1. The average Bonchev–Trinajstić information content (AvgIpc) is 2.62. The average molecular weight is 321 g/mol. The summed E-state index contributed by atoms with van der Waals surface area (Å²) in [5, 5.41) is 0. The van der Waals surface area contributed by atoms with Crippen molar-refractivity contribution in [2.24, 2.45) is 4.99 Å². The molecule has 1 unspecified atom stereocenters. The molecule has 0 fully saturated rings. The van der Waals surface area contributed by atoms with E-state index in [1.807, 2.05) is 6.92 Å². The highest BCUT2D eigenvalue weighted by atomic mass is 79.9. The predicted molar refractivity (Wildman–Crippen MR) is 77.6 cm³/mol. The Morgan fingerprint density at radius 3 is 2.26 bits per heavy atom. The number of fused-ring (bicyclic) bond motifs is 1. The first-order chi connectivity index (χ1) is 9.00. The maximum absolute atomic E-state index is 12.1. The number of rotatable bonds is 3. The van der Waals surface area contributed by atoms with Crippen molar-refractivity contribution in [3.63, 3.8) is 0 Å². The molecular formula is C14H13BrN2O2. The molecule has 98 valence electrons. The summed E-state index contributed by atoms with van der Waals surface area (Å²) in [5.74, 6) is -0.607. The largest absolute Gasteiger partial charge is 0.268 e. The molecule has 19 heavy (non-hydrogen) atoms. The lowest BCUT2D eigenvalue weighted by molar-refractivity contribution is 0.0720. The molecular weight excluding hydrogens is 308 g/mol. The second-order valence-corrected chi connectivity index (χ2v) is 5.70. The summed E-state index contributed by atoms with van der Waals surface area (Å²) in [7, 11) is 0. The van der Waals surface area contributed by atoms with Crippen LogP contribution < -0.4 is 0 Å². The maximum Gasteiger partial charge on any atom is 0.265 e. The summed E-state index contributed by atoms with van der Waals surface area (Å²) in [6.07, 6.45) is 3.17. The first kappa shape index (κ1) is 13.7. The predicted octanol–water partition coefficient (Wildman–Crippen LogP) is 3.00. The fourth-order valence-corrected chi connectivity index (χ4v) is 1.88. The third-order valence-electron chi connectivity index (χ3n) is 2.63. The standard InChI is InChI=1S/C14H13BrN2O2/c1-9(15)7-16-10(2)8-17-13(18)11-5-3-4-6-12(11)14(17)19/h3-9H,1-2H3/b10-8-,16-7?. The van der Waals surface area contributed by atoms with Gasteiger partial charge in [-0.15, -0.1) is 0 Å². The molecule has 0 spiro atoms. The van der Waals surface area contributed by atoms with Crippen molar-refractivity contribution in [1.82, 2.24) is 4.90 Å². The van der Waals surface area contributed by atoms with Gasteiger partial charge in [-0.3, -0.25) is 14.6 Å². The van der Waals surface area contributed by atoms with Crippen LogP contribution in [0, 0.1) is 0 Å². The highest BCUT2D eigenvalue weighted by Gasteiger charge is 2.33. The van der Waals surface area contributed by atoms with E-state index < -0.39 is 0 Å². The number of amides is 2. The van der Waals surface area contributed by atoms with Gasteiger partial charge in [-0.05, 0) is 26.0 Å². The van der Waals surface area contributed by atoms with Gasteiger partial charge >= 0.3 is 0 Å². The molecule has 1 aliphatic rings. The van der Waals surface area contributed by atoms with E-state index in [1.165, 1.54) is 6.20 Å². The minimum absolute atomic E-state index is 0.137. The zero-order valence-electron chi connectivity index (χ0n) is 10.6. The number of carbonyl (C=O) groups is 2. The molecule has 1 aliphatic heterocycles. The van der Waals surface area contributed by atoms with Gasteiger partial charge in [0.15, 0.2) is 0 Å². The number of aliphatic imine (C=N–C) groups is 1. The van der Waals surface area contributed by atoms with Gasteiger partial charge < -0.3 is 0 Å². The zero-order valence-corrected chi connectivity index (χ0v) is 12.2. The first-order valence-electron chi connectivity index (χ1n) is 5.84. The minimum atomic E-state index is -0.304. The van der Waals surface area contributed by atoms with Crippen LogP contribution in [0.1, 0.15) is 34.6 Å². The molecule has 5 heteroatoms. The molecule has 0 bridgehead atoms. The molecule has 4 nitrogen and oxygen atoms in total. The Morgan fingerprint density at radius 1 is 1.26 bits per heavy atom. The number of imide groups is 1. The van der Waals surface area contributed by atoms with Crippen molar-refractivity contribution >= 4 is 34.0 Å². The van der Waals surface area contributed by atoms with Gasteiger partial charge in [0.25, 0.3) is 11.8 Å². The number of hydrogen-bond donors (Lipinski definition) is 0. The highest BCUT2D eigenvalue weighted by Crippen LogP contribution is 2.23. The summed E-state index contributed by atoms with van der Waals surface area (Å²) in [6.45, 7) is 3.67. The van der Waals surface area contributed by atoms with Crippen LogP contribution in [-0.4, -0.2) is 27.8 Å². The van der Waals surface area contributed by atoms with Crippen molar-refractivity contribution in [3.8, 4) is 0 Å². The Kier molecular flexibility index (Phi) is 3.95. The molecule has 0 aromatic heterocycles. The number of benzene rings is 1. The van der Waals surface area contributed by atoms with Crippen LogP contribution >= 0.6 is 15.9 Å². The van der Waals surface area contributed by atoms with Crippen LogP contribution in [-0.2, 0) is 0 Å². The number of nitrogens with zero attached hydrogens (tertiary/aromatic N) is 2. The molecule has 2 rings (SSSR count). The lowest BCUT2D eigenvalue weighted by Crippen LogP contribution is -2.24. The van der Waals surface area contributed by atoms with Crippen molar-refractivity contribution < 1.29 is 9.59 Å². The molecule has 0 N–H and O–H groups in total. The van der Waals surface area contributed by atoms with E-state index >= 15 is 0 Å². The van der Waals surface area contributed by atoms with Crippen LogP contribution in [0.15, 0.2) is 41.2 Å². The second kappa shape index (κ2) is 5.48. The molecule has 1 aromatic rings. The van der Waals surface area contributed by atoms with E-state index in [0.29, 0.717) is 16.8 Å². The second-order valence-electron chi connectivity index (χ2n) is 4.25. The molecule has 0 radical (unpaired) electrons. The number of carbonyl (C=O) groups excluding carboxylic acids is 2. The van der Waals surface area contributed by atoms with Crippen molar-refractivity contribution in [2.75, 3.05) is 0 Å². The Balaban J connectivity index is 2.28. The molecule has 0 saturated carbocycles. The monoisotopic (exact) mass is 320 g/mol. The fourth-order valence-electron chi connectivity index (χ4n) is 1.77. The Hall–Kier alpha value is -1.75. The van der Waals surface area contributed by atoms with Gasteiger partial charge in [0, 0.05) is 17.2 Å². The number of hydrogen-bond acceptors (Lipinski definition) is 3. The van der Waals surface area contributed by atoms with Crippen molar-refractivity contribution in [2.45, 2.75) is 18.7 Å². The van der Waals surface area contributed by atoms with E-state index in [2.05, 4.69) is 20.9 Å². The topological polar surface area (TPSA) is 49.7 Å². The van der Waals surface area contributed by atoms with E-state index in [1.54, 1.807) is 37.4 Å². The molecule has 0 aliphatic carbocycles. The molecule has 0 saturated heterocycles. The van der Waals surface area contributed by atoms with Gasteiger partial charge in [0.1, 0.15) is 0 Å². The summed E-state index contributed by atoms with van der Waals surface area (Å²) in [5.41, 5.74) is 1.48. The highest BCUT2D eigenvalue weighted by molar-refractivity contribution is 9.09. The minimum Gasteiger partial charge on any atom is -0.268 e. The van der Waals surface area contributed by atoms with Crippen LogP contribution in [0.4, 0.5) is 0 Å². The van der Waals surface area contributed by atoms with Gasteiger partial charge in [-0.2, -0.15) is 0 Å². The summed E-state index contributed by atoms with van der Waals surface area (Å²) in [4.78, 5) is 29.6. The summed E-state index contributed by atoms with van der Waals surface area (Å²) >= 11 is 3.34. The summed E-state index contributed by atoms with van der Waals surface area (Å²) in [6, 6.07) is 6.80. The van der Waals surface area contributed by atoms with E-state index in [0.717, 1.165) is 4.90 Å².